The van der Waals surface area contributed by atoms with Crippen LogP contribution in [0.2, 0.25) is 0 Å². The van der Waals surface area contributed by atoms with Gasteiger partial charge in [-0.1, -0.05) is 26.0 Å². The lowest BCUT2D eigenvalue weighted by Gasteiger charge is -2.10. The number of carbonyl (C=O) groups is 1. The lowest BCUT2D eigenvalue weighted by molar-refractivity contribution is 0.101. The lowest BCUT2D eigenvalue weighted by Crippen LogP contribution is -2.09. The zero-order chi connectivity index (χ0) is 15.2. The van der Waals surface area contributed by atoms with Crippen molar-refractivity contribution >= 4 is 23.1 Å². The summed E-state index contributed by atoms with van der Waals surface area (Å²) in [6.07, 6.45) is 1.51. The number of ketones is 1. The molecule has 1 heterocycles. The fourth-order valence-electron chi connectivity index (χ4n) is 1.79. The first-order chi connectivity index (χ1) is 10.0. The summed E-state index contributed by atoms with van der Waals surface area (Å²) in [6, 6.07) is 9.20. The molecule has 0 saturated heterocycles. The van der Waals surface area contributed by atoms with Crippen molar-refractivity contribution in [3.63, 3.8) is 0 Å². The zero-order valence-electron chi connectivity index (χ0n) is 12.6. The Bertz CT molecular complexity index is 625. The van der Waals surface area contributed by atoms with Gasteiger partial charge >= 0.3 is 0 Å². The monoisotopic (exact) mass is 284 g/mol. The third-order valence-electron chi connectivity index (χ3n) is 2.90. The highest BCUT2D eigenvalue weighted by atomic mass is 16.1. The van der Waals surface area contributed by atoms with E-state index in [0.717, 1.165) is 18.1 Å². The molecule has 110 valence electrons. The second kappa shape index (κ2) is 6.83. The van der Waals surface area contributed by atoms with E-state index in [0.29, 0.717) is 17.3 Å². The first-order valence-corrected chi connectivity index (χ1v) is 6.98. The molecule has 2 aromatic rings. The van der Waals surface area contributed by atoms with E-state index in [9.17, 15) is 4.79 Å². The van der Waals surface area contributed by atoms with Crippen LogP contribution in [-0.2, 0) is 0 Å². The number of nitrogens with zero attached hydrogens (tertiary/aromatic N) is 2. The average Bonchev–Trinajstić information content (AvgIpc) is 2.46. The highest BCUT2D eigenvalue weighted by Gasteiger charge is 2.03. The third kappa shape index (κ3) is 4.56. The maximum atomic E-state index is 11.4. The molecule has 0 amide bonds. The van der Waals surface area contributed by atoms with E-state index in [1.54, 1.807) is 13.0 Å². The summed E-state index contributed by atoms with van der Waals surface area (Å²) >= 11 is 0. The number of hydrogen-bond acceptors (Lipinski definition) is 5. The van der Waals surface area contributed by atoms with Crippen molar-refractivity contribution in [1.82, 2.24) is 9.97 Å². The quantitative estimate of drug-likeness (QED) is 0.795. The Hall–Kier alpha value is -2.43. The average molecular weight is 284 g/mol. The largest absolute Gasteiger partial charge is 0.370 e. The van der Waals surface area contributed by atoms with Crippen molar-refractivity contribution in [2.45, 2.75) is 20.8 Å². The smallest absolute Gasteiger partial charge is 0.159 e. The van der Waals surface area contributed by atoms with Crippen molar-refractivity contribution in [2.75, 3.05) is 17.2 Å². The fourth-order valence-corrected chi connectivity index (χ4v) is 1.79. The van der Waals surface area contributed by atoms with Crippen molar-refractivity contribution in [1.29, 1.82) is 0 Å². The predicted octanol–water partition coefficient (Wildman–Crippen LogP) is 3.49. The van der Waals surface area contributed by atoms with Gasteiger partial charge in [0.05, 0.1) is 0 Å². The Kier molecular flexibility index (Phi) is 4.87. The van der Waals surface area contributed by atoms with Crippen molar-refractivity contribution in [3.8, 4) is 0 Å². The molecule has 0 atom stereocenters. The van der Waals surface area contributed by atoms with E-state index in [4.69, 9.17) is 0 Å². The van der Waals surface area contributed by atoms with Gasteiger partial charge in [0.2, 0.25) is 0 Å². The first-order valence-electron chi connectivity index (χ1n) is 6.98. The summed E-state index contributed by atoms with van der Waals surface area (Å²) in [7, 11) is 0. The van der Waals surface area contributed by atoms with Gasteiger partial charge in [0.1, 0.15) is 18.0 Å². The molecule has 21 heavy (non-hydrogen) atoms. The van der Waals surface area contributed by atoms with Crippen LogP contribution in [-0.4, -0.2) is 22.3 Å². The number of benzene rings is 1. The molecule has 1 aromatic carbocycles. The number of anilines is 3. The van der Waals surface area contributed by atoms with E-state index >= 15 is 0 Å². The van der Waals surface area contributed by atoms with Crippen LogP contribution in [0.4, 0.5) is 17.3 Å². The summed E-state index contributed by atoms with van der Waals surface area (Å²) in [5.74, 6) is 2.06. The van der Waals surface area contributed by atoms with Crippen molar-refractivity contribution in [2.24, 2.45) is 5.92 Å². The van der Waals surface area contributed by atoms with Gasteiger partial charge in [-0.2, -0.15) is 0 Å². The summed E-state index contributed by atoms with van der Waals surface area (Å²) in [6.45, 7) is 6.69. The lowest BCUT2D eigenvalue weighted by atomic mass is 10.1. The maximum absolute atomic E-state index is 11.4. The van der Waals surface area contributed by atoms with E-state index in [-0.39, 0.29) is 5.78 Å². The molecular weight excluding hydrogens is 264 g/mol. The minimum absolute atomic E-state index is 0.0422. The van der Waals surface area contributed by atoms with Crippen LogP contribution in [0.1, 0.15) is 31.1 Å². The highest BCUT2D eigenvalue weighted by molar-refractivity contribution is 5.95. The Morgan fingerprint density at radius 1 is 1.19 bits per heavy atom. The van der Waals surface area contributed by atoms with Crippen LogP contribution in [0.15, 0.2) is 36.7 Å². The predicted molar refractivity (Wildman–Crippen MR) is 85.1 cm³/mol. The van der Waals surface area contributed by atoms with Crippen LogP contribution in [0, 0.1) is 5.92 Å². The SMILES string of the molecule is CC(=O)c1cccc(Nc2cc(NCC(C)C)ncn2)c1. The molecule has 0 saturated carbocycles. The van der Waals surface area contributed by atoms with Crippen molar-refractivity contribution < 1.29 is 4.79 Å². The van der Waals surface area contributed by atoms with Crippen LogP contribution >= 0.6 is 0 Å². The molecule has 0 aliphatic heterocycles. The standard InChI is InChI=1S/C16H20N4O/c1-11(2)9-17-15-8-16(19-10-18-15)20-14-6-4-5-13(7-14)12(3)21/h4-8,10-11H,9H2,1-3H3,(H2,17,18,19,20). The maximum Gasteiger partial charge on any atom is 0.159 e. The molecule has 0 aliphatic rings. The van der Waals surface area contributed by atoms with E-state index in [2.05, 4.69) is 34.4 Å². The van der Waals surface area contributed by atoms with Gasteiger partial charge in [0.25, 0.3) is 0 Å². The summed E-state index contributed by atoms with van der Waals surface area (Å²) in [5.41, 5.74) is 1.50. The molecule has 0 unspecified atom stereocenters. The minimum atomic E-state index is 0.0422. The Balaban J connectivity index is 2.10. The molecular formula is C16H20N4O. The Labute approximate surface area is 124 Å². The van der Waals surface area contributed by atoms with Gasteiger partial charge in [-0.15, -0.1) is 0 Å². The molecule has 5 heteroatoms. The molecule has 1 aromatic heterocycles. The summed E-state index contributed by atoms with van der Waals surface area (Å²) < 4.78 is 0. The van der Waals surface area contributed by atoms with Crippen LogP contribution in [0.3, 0.4) is 0 Å². The second-order valence-corrected chi connectivity index (χ2v) is 5.33. The number of aromatic nitrogens is 2. The molecule has 0 radical (unpaired) electrons. The van der Waals surface area contributed by atoms with E-state index in [1.807, 2.05) is 24.3 Å². The van der Waals surface area contributed by atoms with Crippen LogP contribution < -0.4 is 10.6 Å². The van der Waals surface area contributed by atoms with Gasteiger partial charge in [-0.05, 0) is 25.0 Å². The van der Waals surface area contributed by atoms with Gasteiger partial charge in [-0.25, -0.2) is 9.97 Å². The fraction of sp³-hybridized carbons (Fsp3) is 0.312. The van der Waals surface area contributed by atoms with Gasteiger partial charge < -0.3 is 10.6 Å². The molecule has 2 N–H and O–H groups in total. The third-order valence-corrected chi connectivity index (χ3v) is 2.90. The number of Topliss-reactive ketones (excluding diaryl/α,β-unsaturated/α-hetero) is 1. The number of nitrogens with one attached hydrogen (secondary N) is 2. The van der Waals surface area contributed by atoms with Gasteiger partial charge in [0.15, 0.2) is 5.78 Å². The normalized spacial score (nSPS) is 10.5. The van der Waals surface area contributed by atoms with Gasteiger partial charge in [-0.3, -0.25) is 4.79 Å². The number of hydrogen-bond donors (Lipinski definition) is 2. The van der Waals surface area contributed by atoms with E-state index in [1.165, 1.54) is 6.33 Å². The molecule has 0 aliphatic carbocycles. The zero-order valence-corrected chi connectivity index (χ0v) is 12.6. The molecule has 0 fully saturated rings. The highest BCUT2D eigenvalue weighted by Crippen LogP contribution is 2.18. The summed E-state index contributed by atoms with van der Waals surface area (Å²) in [5, 5.41) is 6.44. The molecule has 2 rings (SSSR count). The molecule has 0 bridgehead atoms. The Morgan fingerprint density at radius 3 is 2.67 bits per heavy atom. The van der Waals surface area contributed by atoms with Crippen molar-refractivity contribution in [3.05, 3.63) is 42.2 Å². The van der Waals surface area contributed by atoms with Crippen LogP contribution in [0.25, 0.3) is 0 Å². The molecule has 5 nitrogen and oxygen atoms in total. The number of rotatable bonds is 6. The first kappa shape index (κ1) is 15.0. The van der Waals surface area contributed by atoms with Gasteiger partial charge in [0, 0.05) is 23.9 Å². The van der Waals surface area contributed by atoms with E-state index < -0.39 is 0 Å². The van der Waals surface area contributed by atoms with Crippen LogP contribution in [0.5, 0.6) is 0 Å². The second-order valence-electron chi connectivity index (χ2n) is 5.33. The minimum Gasteiger partial charge on any atom is -0.370 e. The topological polar surface area (TPSA) is 66.9 Å². The number of carbonyl (C=O) groups excluding carboxylic acids is 1. The molecule has 0 spiro atoms. The Morgan fingerprint density at radius 2 is 1.95 bits per heavy atom. The summed E-state index contributed by atoms with van der Waals surface area (Å²) in [4.78, 5) is 19.8.